The van der Waals surface area contributed by atoms with Gasteiger partial charge in [-0.2, -0.15) is 0 Å². The largest absolute Gasteiger partial charge is 0.481 e. The van der Waals surface area contributed by atoms with Crippen molar-refractivity contribution in [3.63, 3.8) is 0 Å². The van der Waals surface area contributed by atoms with Crippen LogP contribution in [0.15, 0.2) is 24.3 Å². The van der Waals surface area contributed by atoms with E-state index >= 15 is 0 Å². The zero-order valence-electron chi connectivity index (χ0n) is 12.3. The smallest absolute Gasteiger partial charge is 0.361 e. The number of benzene rings is 1. The van der Waals surface area contributed by atoms with Crippen LogP contribution >= 0.6 is 7.60 Å². The minimum absolute atomic E-state index is 0.277. The number of carbonyl (C=O) groups is 1. The Morgan fingerprint density at radius 1 is 1.15 bits per heavy atom. The van der Waals surface area contributed by atoms with E-state index < -0.39 is 19.0 Å². The number of rotatable bonds is 7. The molecule has 6 heteroatoms. The van der Waals surface area contributed by atoms with Gasteiger partial charge in [0.05, 0.1) is 23.9 Å². The van der Waals surface area contributed by atoms with E-state index in [2.05, 4.69) is 0 Å². The van der Waals surface area contributed by atoms with Crippen LogP contribution in [0.1, 0.15) is 33.3 Å². The summed E-state index contributed by atoms with van der Waals surface area (Å²) in [5, 5.41) is 9.62. The Balaban J connectivity index is 3.12. The van der Waals surface area contributed by atoms with Crippen molar-refractivity contribution in [3.8, 4) is 0 Å². The normalized spacial score (nSPS) is 12.4. The number of aliphatic carboxylic acids is 1. The summed E-state index contributed by atoms with van der Waals surface area (Å²) < 4.78 is 23.0. The van der Waals surface area contributed by atoms with E-state index in [-0.39, 0.29) is 13.2 Å². The van der Waals surface area contributed by atoms with Gasteiger partial charge in [0.15, 0.2) is 0 Å². The fourth-order valence-corrected chi connectivity index (χ4v) is 3.28. The predicted octanol–water partition coefficient (Wildman–Crippen LogP) is 2.94. The second-order valence-electron chi connectivity index (χ2n) is 4.81. The van der Waals surface area contributed by atoms with Crippen LogP contribution in [0.3, 0.4) is 0 Å². The van der Waals surface area contributed by atoms with Crippen molar-refractivity contribution in [2.45, 2.75) is 33.1 Å². The van der Waals surface area contributed by atoms with Crippen LogP contribution in [0, 0.1) is 0 Å². The number of carboxylic acids is 1. The van der Waals surface area contributed by atoms with Gasteiger partial charge in [0.1, 0.15) is 0 Å². The molecule has 1 rings (SSSR count). The first-order valence-corrected chi connectivity index (χ1v) is 8.05. The highest BCUT2D eigenvalue weighted by atomic mass is 31.2. The Hall–Kier alpha value is -1.16. The molecule has 5 nitrogen and oxygen atoms in total. The SMILES string of the molecule is CCOP(=O)(OCC)c1ccc(C(C)(C)C(=O)O)cc1. The summed E-state index contributed by atoms with van der Waals surface area (Å²) >= 11 is 0. The molecule has 0 aromatic heterocycles. The lowest BCUT2D eigenvalue weighted by molar-refractivity contribution is -0.142. The zero-order chi connectivity index (χ0) is 15.4. The van der Waals surface area contributed by atoms with E-state index in [0.29, 0.717) is 10.9 Å². The Morgan fingerprint density at radius 3 is 1.95 bits per heavy atom. The minimum Gasteiger partial charge on any atom is -0.481 e. The summed E-state index contributed by atoms with van der Waals surface area (Å²) in [7, 11) is -3.31. The van der Waals surface area contributed by atoms with Crippen molar-refractivity contribution in [1.29, 1.82) is 0 Å². The van der Waals surface area contributed by atoms with Crippen LogP contribution in [-0.4, -0.2) is 24.3 Å². The third-order valence-electron chi connectivity index (χ3n) is 3.04. The van der Waals surface area contributed by atoms with Crippen LogP contribution < -0.4 is 5.30 Å². The van der Waals surface area contributed by atoms with Crippen molar-refractivity contribution in [2.24, 2.45) is 0 Å². The quantitative estimate of drug-likeness (QED) is 0.784. The Labute approximate surface area is 119 Å². The third kappa shape index (κ3) is 3.48. The molecule has 0 bridgehead atoms. The molecule has 0 radical (unpaired) electrons. The molecule has 1 N–H and O–H groups in total. The molecular formula is C14H21O5P. The molecule has 0 saturated carbocycles. The van der Waals surface area contributed by atoms with E-state index in [1.807, 2.05) is 0 Å². The van der Waals surface area contributed by atoms with Gasteiger partial charge in [-0.15, -0.1) is 0 Å². The molecule has 0 amide bonds. The Bertz CT molecular complexity index is 497. The maximum Gasteiger partial charge on any atom is 0.361 e. The van der Waals surface area contributed by atoms with Gasteiger partial charge in [0.2, 0.25) is 0 Å². The summed E-state index contributed by atoms with van der Waals surface area (Å²) in [6.07, 6.45) is 0. The summed E-state index contributed by atoms with van der Waals surface area (Å²) in [5.74, 6) is -0.914. The summed E-state index contributed by atoms with van der Waals surface area (Å²) in [4.78, 5) is 11.2. The number of carboxylic acid groups (broad SMARTS) is 1. The lowest BCUT2D eigenvalue weighted by Gasteiger charge is -2.21. The first-order valence-electron chi connectivity index (χ1n) is 6.51. The van der Waals surface area contributed by atoms with Crippen LogP contribution in [0.2, 0.25) is 0 Å². The van der Waals surface area contributed by atoms with Gasteiger partial charge < -0.3 is 14.2 Å². The second kappa shape index (κ2) is 6.53. The summed E-state index contributed by atoms with van der Waals surface area (Å²) in [5.41, 5.74) is -0.368. The molecule has 0 heterocycles. The average Bonchev–Trinajstić information content (AvgIpc) is 2.39. The fraction of sp³-hybridized carbons (Fsp3) is 0.500. The monoisotopic (exact) mass is 300 g/mol. The third-order valence-corrected chi connectivity index (χ3v) is 5.16. The number of hydrogen-bond acceptors (Lipinski definition) is 4. The van der Waals surface area contributed by atoms with Crippen molar-refractivity contribution < 1.29 is 23.5 Å². The van der Waals surface area contributed by atoms with Gasteiger partial charge in [0, 0.05) is 0 Å². The molecule has 112 valence electrons. The molecule has 0 saturated heterocycles. The van der Waals surface area contributed by atoms with Gasteiger partial charge >= 0.3 is 13.6 Å². The highest BCUT2D eigenvalue weighted by molar-refractivity contribution is 7.62. The molecule has 0 atom stereocenters. The van der Waals surface area contributed by atoms with Crippen molar-refractivity contribution >= 4 is 18.9 Å². The first kappa shape index (κ1) is 16.9. The molecule has 0 unspecified atom stereocenters. The van der Waals surface area contributed by atoms with Gasteiger partial charge in [-0.05, 0) is 45.4 Å². The molecule has 0 fully saturated rings. The van der Waals surface area contributed by atoms with Gasteiger partial charge in [-0.3, -0.25) is 9.36 Å². The highest BCUT2D eigenvalue weighted by Gasteiger charge is 2.31. The van der Waals surface area contributed by atoms with E-state index in [4.69, 9.17) is 9.05 Å². The van der Waals surface area contributed by atoms with E-state index in [9.17, 15) is 14.5 Å². The van der Waals surface area contributed by atoms with E-state index in [1.54, 1.807) is 52.0 Å². The molecule has 1 aromatic rings. The van der Waals surface area contributed by atoms with Crippen molar-refractivity contribution in [1.82, 2.24) is 0 Å². The zero-order valence-corrected chi connectivity index (χ0v) is 13.1. The van der Waals surface area contributed by atoms with Crippen LogP contribution in [0.25, 0.3) is 0 Å². The topological polar surface area (TPSA) is 72.8 Å². The lowest BCUT2D eigenvalue weighted by Crippen LogP contribution is -2.28. The summed E-state index contributed by atoms with van der Waals surface area (Å²) in [6.45, 7) is 7.28. The lowest BCUT2D eigenvalue weighted by atomic mass is 9.85. The van der Waals surface area contributed by atoms with Gasteiger partial charge in [-0.25, -0.2) is 0 Å². The van der Waals surface area contributed by atoms with Gasteiger partial charge in [-0.1, -0.05) is 12.1 Å². The Morgan fingerprint density at radius 2 is 1.60 bits per heavy atom. The highest BCUT2D eigenvalue weighted by Crippen LogP contribution is 2.46. The molecule has 0 aliphatic carbocycles. The Kier molecular flexibility index (Phi) is 5.51. The maximum atomic E-state index is 12.5. The standard InChI is InChI=1S/C14H21O5P/c1-5-18-20(17,19-6-2)12-9-7-11(8-10-12)14(3,4)13(15)16/h7-10H,5-6H2,1-4H3,(H,15,16). The van der Waals surface area contributed by atoms with Crippen molar-refractivity contribution in [2.75, 3.05) is 13.2 Å². The molecular weight excluding hydrogens is 279 g/mol. The molecule has 0 aliphatic heterocycles. The van der Waals surface area contributed by atoms with Crippen LogP contribution in [0.4, 0.5) is 0 Å². The van der Waals surface area contributed by atoms with Crippen LogP contribution in [0.5, 0.6) is 0 Å². The van der Waals surface area contributed by atoms with Crippen molar-refractivity contribution in [3.05, 3.63) is 29.8 Å². The van der Waals surface area contributed by atoms with E-state index in [1.165, 1.54) is 0 Å². The average molecular weight is 300 g/mol. The molecule has 20 heavy (non-hydrogen) atoms. The summed E-state index contributed by atoms with van der Waals surface area (Å²) in [6, 6.07) is 6.50. The van der Waals surface area contributed by atoms with Crippen LogP contribution in [-0.2, 0) is 23.8 Å². The first-order chi connectivity index (χ1) is 9.28. The maximum absolute atomic E-state index is 12.5. The molecule has 0 aliphatic rings. The second-order valence-corrected chi connectivity index (χ2v) is 6.84. The minimum atomic E-state index is -3.31. The fourth-order valence-electron chi connectivity index (χ4n) is 1.71. The molecule has 0 spiro atoms. The van der Waals surface area contributed by atoms with E-state index in [0.717, 1.165) is 0 Å². The molecule has 1 aromatic carbocycles. The van der Waals surface area contributed by atoms with Gasteiger partial charge in [0.25, 0.3) is 0 Å². The number of hydrogen-bond donors (Lipinski definition) is 1. The predicted molar refractivity (Wildman–Crippen MR) is 77.6 cm³/mol.